The van der Waals surface area contributed by atoms with Crippen molar-refractivity contribution in [3.05, 3.63) is 17.0 Å². The first-order chi connectivity index (χ1) is 7.16. The summed E-state index contributed by atoms with van der Waals surface area (Å²) in [4.78, 5) is 0. The summed E-state index contributed by atoms with van der Waals surface area (Å²) in [7, 11) is -3.41. The molecular weight excluding hydrogens is 232 g/mol. The molecule has 0 radical (unpaired) electrons. The van der Waals surface area contributed by atoms with Gasteiger partial charge in [0.25, 0.3) is 10.0 Å². The lowest BCUT2D eigenvalue weighted by molar-refractivity contribution is 0.479. The lowest BCUT2D eigenvalue weighted by atomic mass is 10.4. The van der Waals surface area contributed by atoms with Crippen LogP contribution in [-0.2, 0) is 10.0 Å². The maximum Gasteiger partial charge on any atom is 0.253 e. The van der Waals surface area contributed by atoms with Crippen molar-refractivity contribution >= 4 is 21.4 Å². The normalized spacial score (nSPS) is 17.8. The molecule has 0 aromatic carbocycles. The Morgan fingerprint density at radius 2 is 2.07 bits per heavy atom. The van der Waals surface area contributed by atoms with Crippen LogP contribution in [0.3, 0.4) is 0 Å². The summed E-state index contributed by atoms with van der Waals surface area (Å²) in [5.74, 6) is 0. The molecule has 4 nitrogen and oxygen atoms in total. The zero-order chi connectivity index (χ0) is 10.9. The summed E-state index contributed by atoms with van der Waals surface area (Å²) in [5.41, 5.74) is 0.256. The van der Waals surface area contributed by atoms with Gasteiger partial charge in [0.1, 0.15) is 6.07 Å². The van der Waals surface area contributed by atoms with Crippen LogP contribution in [-0.4, -0.2) is 25.8 Å². The molecular formula is C9H10N2O2S2. The van der Waals surface area contributed by atoms with Crippen molar-refractivity contribution in [2.45, 2.75) is 17.1 Å². The van der Waals surface area contributed by atoms with Crippen LogP contribution in [0.5, 0.6) is 0 Å². The molecule has 0 atom stereocenters. The van der Waals surface area contributed by atoms with Crippen molar-refractivity contribution < 1.29 is 8.42 Å². The monoisotopic (exact) mass is 242 g/mol. The maximum atomic E-state index is 12.1. The molecule has 0 amide bonds. The van der Waals surface area contributed by atoms with Crippen LogP contribution in [0.1, 0.15) is 18.4 Å². The summed E-state index contributed by atoms with van der Waals surface area (Å²) < 4.78 is 25.8. The van der Waals surface area contributed by atoms with Gasteiger partial charge < -0.3 is 0 Å². The zero-order valence-electron chi connectivity index (χ0n) is 8.01. The molecule has 1 aliphatic rings. The van der Waals surface area contributed by atoms with E-state index in [-0.39, 0.29) is 9.77 Å². The van der Waals surface area contributed by atoms with Gasteiger partial charge >= 0.3 is 0 Å². The van der Waals surface area contributed by atoms with E-state index in [0.717, 1.165) is 24.2 Å². The van der Waals surface area contributed by atoms with Gasteiger partial charge in [-0.25, -0.2) is 8.42 Å². The van der Waals surface area contributed by atoms with Gasteiger partial charge in [-0.05, 0) is 24.3 Å². The Balaban J connectivity index is 2.42. The number of sulfonamides is 1. The van der Waals surface area contributed by atoms with Gasteiger partial charge in [-0.3, -0.25) is 0 Å². The smallest absolute Gasteiger partial charge is 0.206 e. The van der Waals surface area contributed by atoms with E-state index in [0.29, 0.717) is 13.1 Å². The molecule has 0 aliphatic carbocycles. The van der Waals surface area contributed by atoms with Gasteiger partial charge in [-0.2, -0.15) is 9.57 Å². The maximum absolute atomic E-state index is 12.1. The Hall–Kier alpha value is -0.900. The summed E-state index contributed by atoms with van der Waals surface area (Å²) in [6.45, 7) is 1.15. The van der Waals surface area contributed by atoms with Crippen LogP contribution in [0.25, 0.3) is 0 Å². The SMILES string of the molecule is N#Cc1ccsc1S(=O)(=O)N1CCCC1. The fraction of sp³-hybridized carbons (Fsp3) is 0.444. The van der Waals surface area contributed by atoms with Gasteiger partial charge in [0.05, 0.1) is 5.56 Å². The summed E-state index contributed by atoms with van der Waals surface area (Å²) in [6.07, 6.45) is 1.82. The highest BCUT2D eigenvalue weighted by molar-refractivity contribution is 7.91. The fourth-order valence-corrected chi connectivity index (χ4v) is 4.53. The predicted molar refractivity (Wildman–Crippen MR) is 57.0 cm³/mol. The van der Waals surface area contributed by atoms with Crippen molar-refractivity contribution in [2.75, 3.05) is 13.1 Å². The Morgan fingerprint density at radius 3 is 2.67 bits per heavy atom. The lowest BCUT2D eigenvalue weighted by Gasteiger charge is -2.13. The highest BCUT2D eigenvalue weighted by atomic mass is 32.2. The van der Waals surface area contributed by atoms with Crippen molar-refractivity contribution in [2.24, 2.45) is 0 Å². The topological polar surface area (TPSA) is 61.2 Å². The van der Waals surface area contributed by atoms with Gasteiger partial charge in [-0.1, -0.05) is 0 Å². The molecule has 2 rings (SSSR count). The van der Waals surface area contributed by atoms with E-state index in [2.05, 4.69) is 0 Å². The summed E-state index contributed by atoms with van der Waals surface area (Å²) >= 11 is 1.12. The van der Waals surface area contributed by atoms with Gasteiger partial charge in [-0.15, -0.1) is 11.3 Å². The first-order valence-electron chi connectivity index (χ1n) is 4.64. The molecule has 0 saturated carbocycles. The molecule has 6 heteroatoms. The first kappa shape index (κ1) is 10.6. The molecule has 0 unspecified atom stereocenters. The number of nitrogens with zero attached hydrogens (tertiary/aromatic N) is 2. The Labute approximate surface area is 92.8 Å². The third-order valence-electron chi connectivity index (χ3n) is 2.39. The molecule has 1 saturated heterocycles. The molecule has 0 spiro atoms. The third-order valence-corrected chi connectivity index (χ3v) is 5.75. The van der Waals surface area contributed by atoms with Crippen molar-refractivity contribution in [3.8, 4) is 6.07 Å². The molecule has 1 aliphatic heterocycles. The van der Waals surface area contributed by atoms with E-state index < -0.39 is 10.0 Å². The van der Waals surface area contributed by atoms with E-state index in [1.807, 2.05) is 6.07 Å². The largest absolute Gasteiger partial charge is 0.253 e. The minimum absolute atomic E-state index is 0.187. The number of hydrogen-bond donors (Lipinski definition) is 0. The number of nitriles is 1. The molecule has 1 fully saturated rings. The second kappa shape index (κ2) is 3.93. The second-order valence-corrected chi connectivity index (χ2v) is 6.39. The average Bonchev–Trinajstić information content (AvgIpc) is 2.89. The van der Waals surface area contributed by atoms with Crippen molar-refractivity contribution in [1.29, 1.82) is 5.26 Å². The first-order valence-corrected chi connectivity index (χ1v) is 6.96. The Kier molecular flexibility index (Phi) is 2.78. The van der Waals surface area contributed by atoms with Crippen molar-refractivity contribution in [3.63, 3.8) is 0 Å². The van der Waals surface area contributed by atoms with E-state index >= 15 is 0 Å². The van der Waals surface area contributed by atoms with Gasteiger partial charge in [0.2, 0.25) is 0 Å². The van der Waals surface area contributed by atoms with Gasteiger partial charge in [0, 0.05) is 13.1 Å². The van der Waals surface area contributed by atoms with Crippen LogP contribution in [0.2, 0.25) is 0 Å². The van der Waals surface area contributed by atoms with E-state index in [4.69, 9.17) is 5.26 Å². The Bertz CT molecular complexity index is 492. The lowest BCUT2D eigenvalue weighted by Crippen LogP contribution is -2.27. The van der Waals surface area contributed by atoms with Crippen LogP contribution in [0.15, 0.2) is 15.7 Å². The molecule has 1 aromatic rings. The number of rotatable bonds is 2. The van der Waals surface area contributed by atoms with E-state index in [1.54, 1.807) is 11.4 Å². The standard InChI is InChI=1S/C9H10N2O2S2/c10-7-8-3-6-14-9(8)15(12,13)11-4-1-2-5-11/h3,6H,1-2,4-5H2. The van der Waals surface area contributed by atoms with Crippen LogP contribution >= 0.6 is 11.3 Å². The third kappa shape index (κ3) is 1.78. The number of hydrogen-bond acceptors (Lipinski definition) is 4. The highest BCUT2D eigenvalue weighted by Gasteiger charge is 2.30. The minimum Gasteiger partial charge on any atom is -0.206 e. The highest BCUT2D eigenvalue weighted by Crippen LogP contribution is 2.27. The number of thiophene rings is 1. The predicted octanol–water partition coefficient (Wildman–Crippen LogP) is 1.40. The summed E-state index contributed by atoms with van der Waals surface area (Å²) in [5, 5.41) is 10.4. The van der Waals surface area contributed by atoms with E-state index in [9.17, 15) is 8.42 Å². The van der Waals surface area contributed by atoms with Crippen LogP contribution in [0, 0.1) is 11.3 Å². The quantitative estimate of drug-likeness (QED) is 0.787. The molecule has 15 heavy (non-hydrogen) atoms. The summed E-state index contributed by atoms with van der Waals surface area (Å²) in [6, 6.07) is 3.46. The molecule has 0 N–H and O–H groups in total. The fourth-order valence-electron chi connectivity index (χ4n) is 1.62. The average molecular weight is 242 g/mol. The molecule has 0 bridgehead atoms. The van der Waals surface area contributed by atoms with Gasteiger partial charge in [0.15, 0.2) is 4.21 Å². The van der Waals surface area contributed by atoms with E-state index in [1.165, 1.54) is 4.31 Å². The van der Waals surface area contributed by atoms with Crippen LogP contribution in [0.4, 0.5) is 0 Å². The molecule has 2 heterocycles. The Morgan fingerprint density at radius 1 is 1.40 bits per heavy atom. The molecule has 1 aromatic heterocycles. The second-order valence-electron chi connectivity index (χ2n) is 3.34. The van der Waals surface area contributed by atoms with Crippen LogP contribution < -0.4 is 0 Å². The van der Waals surface area contributed by atoms with Crippen molar-refractivity contribution in [1.82, 2.24) is 4.31 Å². The molecule has 80 valence electrons. The zero-order valence-corrected chi connectivity index (χ0v) is 9.64. The minimum atomic E-state index is -3.41.